The van der Waals surface area contributed by atoms with Crippen LogP contribution in [0.15, 0.2) is 24.5 Å². The van der Waals surface area contributed by atoms with Gasteiger partial charge < -0.3 is 5.11 Å². The van der Waals surface area contributed by atoms with Crippen molar-refractivity contribution in [3.8, 4) is 0 Å². The summed E-state index contributed by atoms with van der Waals surface area (Å²) in [6.45, 7) is 3.64. The van der Waals surface area contributed by atoms with Crippen molar-refractivity contribution in [2.75, 3.05) is 13.1 Å². The van der Waals surface area contributed by atoms with Gasteiger partial charge in [-0.05, 0) is 36.9 Å². The highest BCUT2D eigenvalue weighted by Crippen LogP contribution is 2.32. The summed E-state index contributed by atoms with van der Waals surface area (Å²) in [6, 6.07) is 3.06. The molecule has 4 heteroatoms. The Morgan fingerprint density at radius 3 is 2.88 bits per heavy atom. The van der Waals surface area contributed by atoms with E-state index in [9.17, 15) is 9.90 Å². The molecule has 1 aliphatic carbocycles. The average Bonchev–Trinajstić information content (AvgIpc) is 3.13. The topological polar surface area (TPSA) is 53.4 Å². The molecule has 1 heterocycles. The summed E-state index contributed by atoms with van der Waals surface area (Å²) in [5, 5.41) is 9.39. The van der Waals surface area contributed by atoms with Crippen LogP contribution in [0.1, 0.15) is 31.4 Å². The molecular weight excluding hydrogens is 216 g/mol. The number of carboxylic acid groups (broad SMARTS) is 1. The van der Waals surface area contributed by atoms with Crippen molar-refractivity contribution in [2.24, 2.45) is 5.92 Å². The largest absolute Gasteiger partial charge is 0.480 e. The average molecular weight is 234 g/mol. The summed E-state index contributed by atoms with van der Waals surface area (Å²) in [6.07, 6.45) is 5.78. The first kappa shape index (κ1) is 12.0. The maximum Gasteiger partial charge on any atom is 0.325 e. The summed E-state index contributed by atoms with van der Waals surface area (Å²) >= 11 is 0. The molecule has 1 unspecified atom stereocenters. The second kappa shape index (κ2) is 5.27. The van der Waals surface area contributed by atoms with Crippen molar-refractivity contribution in [3.05, 3.63) is 30.1 Å². The molecule has 0 radical (unpaired) electrons. The standard InChI is InChI=1S/C13H18N2O2/c1-2-15(9-10-5-6-10)12(13(16)17)11-4-3-7-14-8-11/h3-4,7-8,10,12H,2,5-6,9H2,1H3,(H,16,17). The van der Waals surface area contributed by atoms with E-state index < -0.39 is 12.0 Å². The number of hydrogen-bond acceptors (Lipinski definition) is 3. The second-order valence-corrected chi connectivity index (χ2v) is 4.56. The number of pyridine rings is 1. The maximum atomic E-state index is 11.4. The number of likely N-dealkylation sites (N-methyl/N-ethyl adjacent to an activating group) is 1. The first-order valence-corrected chi connectivity index (χ1v) is 6.09. The SMILES string of the molecule is CCN(CC1CC1)C(C(=O)O)c1cccnc1. The first-order chi connectivity index (χ1) is 8.22. The summed E-state index contributed by atoms with van der Waals surface area (Å²) in [5.74, 6) is -0.103. The van der Waals surface area contributed by atoms with E-state index in [4.69, 9.17) is 0 Å². The normalized spacial score (nSPS) is 17.1. The van der Waals surface area contributed by atoms with Gasteiger partial charge >= 0.3 is 5.97 Å². The lowest BCUT2D eigenvalue weighted by Crippen LogP contribution is -2.35. The number of carboxylic acids is 1. The van der Waals surface area contributed by atoms with Crippen LogP contribution in [0.3, 0.4) is 0 Å². The Morgan fingerprint density at radius 1 is 1.65 bits per heavy atom. The lowest BCUT2D eigenvalue weighted by atomic mass is 10.1. The predicted molar refractivity (Wildman–Crippen MR) is 64.6 cm³/mol. The fourth-order valence-electron chi connectivity index (χ4n) is 2.10. The van der Waals surface area contributed by atoms with Crippen LogP contribution in [0.5, 0.6) is 0 Å². The van der Waals surface area contributed by atoms with Gasteiger partial charge in [0.25, 0.3) is 0 Å². The van der Waals surface area contributed by atoms with Gasteiger partial charge in [-0.3, -0.25) is 14.7 Å². The van der Waals surface area contributed by atoms with Crippen molar-refractivity contribution < 1.29 is 9.90 Å². The molecule has 0 aromatic carbocycles. The maximum absolute atomic E-state index is 11.4. The third-order valence-electron chi connectivity index (χ3n) is 3.20. The molecule has 1 aromatic rings. The quantitative estimate of drug-likeness (QED) is 0.817. The Labute approximate surface area is 101 Å². The monoisotopic (exact) mass is 234 g/mol. The Balaban J connectivity index is 2.17. The van der Waals surface area contributed by atoms with Crippen molar-refractivity contribution in [1.29, 1.82) is 0 Å². The molecule has 17 heavy (non-hydrogen) atoms. The molecule has 0 aliphatic heterocycles. The van der Waals surface area contributed by atoms with E-state index in [2.05, 4.69) is 4.98 Å². The second-order valence-electron chi connectivity index (χ2n) is 4.56. The molecule has 0 bridgehead atoms. The van der Waals surface area contributed by atoms with E-state index in [0.29, 0.717) is 5.92 Å². The van der Waals surface area contributed by atoms with Gasteiger partial charge in [0.1, 0.15) is 6.04 Å². The summed E-state index contributed by atoms with van der Waals surface area (Å²) in [7, 11) is 0. The van der Waals surface area contributed by atoms with Gasteiger partial charge in [-0.15, -0.1) is 0 Å². The highest BCUT2D eigenvalue weighted by Gasteiger charge is 2.31. The van der Waals surface area contributed by atoms with Gasteiger partial charge in [-0.2, -0.15) is 0 Å². The molecule has 1 saturated carbocycles. The molecule has 0 amide bonds. The minimum atomic E-state index is -0.791. The van der Waals surface area contributed by atoms with Crippen molar-refractivity contribution in [1.82, 2.24) is 9.88 Å². The molecular formula is C13H18N2O2. The van der Waals surface area contributed by atoms with E-state index in [1.54, 1.807) is 18.5 Å². The van der Waals surface area contributed by atoms with Gasteiger partial charge in [0.15, 0.2) is 0 Å². The van der Waals surface area contributed by atoms with E-state index in [1.807, 2.05) is 17.9 Å². The number of rotatable bonds is 6. The number of aromatic nitrogens is 1. The van der Waals surface area contributed by atoms with Crippen LogP contribution in [0, 0.1) is 5.92 Å². The Morgan fingerprint density at radius 2 is 2.41 bits per heavy atom. The molecule has 1 aliphatic rings. The molecule has 0 spiro atoms. The highest BCUT2D eigenvalue weighted by atomic mass is 16.4. The van der Waals surface area contributed by atoms with Crippen LogP contribution in [-0.2, 0) is 4.79 Å². The van der Waals surface area contributed by atoms with Crippen LogP contribution < -0.4 is 0 Å². The number of nitrogens with zero attached hydrogens (tertiary/aromatic N) is 2. The smallest absolute Gasteiger partial charge is 0.325 e. The van der Waals surface area contributed by atoms with Gasteiger partial charge in [0, 0.05) is 18.9 Å². The molecule has 1 atom stereocenters. The molecule has 92 valence electrons. The Hall–Kier alpha value is -1.42. The van der Waals surface area contributed by atoms with E-state index in [1.165, 1.54) is 12.8 Å². The van der Waals surface area contributed by atoms with Crippen LogP contribution in [0.2, 0.25) is 0 Å². The zero-order valence-corrected chi connectivity index (χ0v) is 10.0. The summed E-state index contributed by atoms with van der Waals surface area (Å²) in [4.78, 5) is 17.5. The summed E-state index contributed by atoms with van der Waals surface area (Å²) < 4.78 is 0. The van der Waals surface area contributed by atoms with Crippen molar-refractivity contribution in [3.63, 3.8) is 0 Å². The third kappa shape index (κ3) is 3.03. The van der Waals surface area contributed by atoms with E-state index in [-0.39, 0.29) is 0 Å². The first-order valence-electron chi connectivity index (χ1n) is 6.09. The third-order valence-corrected chi connectivity index (χ3v) is 3.20. The van der Waals surface area contributed by atoms with Crippen molar-refractivity contribution >= 4 is 5.97 Å². The Bertz CT molecular complexity index is 376. The van der Waals surface area contributed by atoms with Crippen molar-refractivity contribution in [2.45, 2.75) is 25.8 Å². The van der Waals surface area contributed by atoms with Crippen LogP contribution >= 0.6 is 0 Å². The van der Waals surface area contributed by atoms with Gasteiger partial charge in [-0.1, -0.05) is 13.0 Å². The van der Waals surface area contributed by atoms with Crippen LogP contribution in [-0.4, -0.2) is 34.0 Å². The molecule has 1 aromatic heterocycles. The van der Waals surface area contributed by atoms with E-state index >= 15 is 0 Å². The van der Waals surface area contributed by atoms with Gasteiger partial charge in [0.05, 0.1) is 0 Å². The zero-order chi connectivity index (χ0) is 12.3. The fourth-order valence-corrected chi connectivity index (χ4v) is 2.10. The molecule has 4 nitrogen and oxygen atoms in total. The van der Waals surface area contributed by atoms with Gasteiger partial charge in [0.2, 0.25) is 0 Å². The lowest BCUT2D eigenvalue weighted by Gasteiger charge is -2.27. The zero-order valence-electron chi connectivity index (χ0n) is 10.0. The van der Waals surface area contributed by atoms with Gasteiger partial charge in [-0.25, -0.2) is 0 Å². The molecule has 0 saturated heterocycles. The molecule has 1 N–H and O–H groups in total. The fraction of sp³-hybridized carbons (Fsp3) is 0.538. The highest BCUT2D eigenvalue weighted by molar-refractivity contribution is 5.75. The predicted octanol–water partition coefficient (Wildman–Crippen LogP) is 1.94. The number of carbonyl (C=O) groups is 1. The summed E-state index contributed by atoms with van der Waals surface area (Å²) in [5.41, 5.74) is 0.766. The van der Waals surface area contributed by atoms with Crippen LogP contribution in [0.25, 0.3) is 0 Å². The molecule has 1 fully saturated rings. The minimum absolute atomic E-state index is 0.561. The van der Waals surface area contributed by atoms with E-state index in [0.717, 1.165) is 18.7 Å². The number of hydrogen-bond donors (Lipinski definition) is 1. The lowest BCUT2D eigenvalue weighted by molar-refractivity contribution is -0.143. The Kier molecular flexibility index (Phi) is 3.74. The van der Waals surface area contributed by atoms with Crippen LogP contribution in [0.4, 0.5) is 0 Å². The number of aliphatic carboxylic acids is 1. The molecule has 2 rings (SSSR count). The minimum Gasteiger partial charge on any atom is -0.480 e.